The maximum absolute atomic E-state index is 6.03. The number of rotatable bonds is 10. The second kappa shape index (κ2) is 10.6. The molecule has 0 heterocycles. The van der Waals surface area contributed by atoms with Gasteiger partial charge < -0.3 is 14.8 Å². The SMILES string of the molecule is Cc1ccc(C(C)C)c(OCCNc2ccc(OCCc3ccccc3)cc2)c1. The Labute approximate surface area is 174 Å². The van der Waals surface area contributed by atoms with Crippen molar-refractivity contribution < 1.29 is 9.47 Å². The molecule has 3 rings (SSSR count). The highest BCUT2D eigenvalue weighted by Crippen LogP contribution is 2.27. The molecule has 0 amide bonds. The fraction of sp³-hybridized carbons (Fsp3) is 0.308. The van der Waals surface area contributed by atoms with Crippen molar-refractivity contribution in [2.24, 2.45) is 0 Å². The normalized spacial score (nSPS) is 10.8. The van der Waals surface area contributed by atoms with Crippen molar-refractivity contribution in [2.45, 2.75) is 33.1 Å². The second-order valence-electron chi connectivity index (χ2n) is 7.58. The van der Waals surface area contributed by atoms with E-state index in [1.807, 2.05) is 30.3 Å². The molecule has 3 nitrogen and oxygen atoms in total. The Bertz CT molecular complexity index is 873. The smallest absolute Gasteiger partial charge is 0.123 e. The van der Waals surface area contributed by atoms with E-state index in [1.165, 1.54) is 16.7 Å². The van der Waals surface area contributed by atoms with Gasteiger partial charge in [-0.25, -0.2) is 0 Å². The second-order valence-corrected chi connectivity index (χ2v) is 7.58. The minimum Gasteiger partial charge on any atom is -0.493 e. The van der Waals surface area contributed by atoms with Gasteiger partial charge in [-0.1, -0.05) is 56.3 Å². The first-order chi connectivity index (χ1) is 14.1. The molecular weight excluding hydrogens is 358 g/mol. The number of ether oxygens (including phenoxy) is 2. The summed E-state index contributed by atoms with van der Waals surface area (Å²) in [5.74, 6) is 2.33. The van der Waals surface area contributed by atoms with Crippen LogP contribution in [0.25, 0.3) is 0 Å². The number of aryl methyl sites for hydroxylation is 1. The van der Waals surface area contributed by atoms with Crippen molar-refractivity contribution >= 4 is 5.69 Å². The zero-order valence-corrected chi connectivity index (χ0v) is 17.7. The maximum Gasteiger partial charge on any atom is 0.123 e. The van der Waals surface area contributed by atoms with Gasteiger partial charge in [0.15, 0.2) is 0 Å². The van der Waals surface area contributed by atoms with Crippen LogP contribution in [0.3, 0.4) is 0 Å². The van der Waals surface area contributed by atoms with Crippen LogP contribution in [0.4, 0.5) is 5.69 Å². The summed E-state index contributed by atoms with van der Waals surface area (Å²) in [6.07, 6.45) is 0.912. The lowest BCUT2D eigenvalue weighted by molar-refractivity contribution is 0.322. The average molecular weight is 390 g/mol. The van der Waals surface area contributed by atoms with E-state index in [1.54, 1.807) is 0 Å². The van der Waals surface area contributed by atoms with Crippen molar-refractivity contribution in [3.8, 4) is 11.5 Å². The third kappa shape index (κ3) is 6.56. The van der Waals surface area contributed by atoms with Gasteiger partial charge in [0.25, 0.3) is 0 Å². The molecule has 0 atom stereocenters. The van der Waals surface area contributed by atoms with E-state index in [-0.39, 0.29) is 0 Å². The molecule has 0 unspecified atom stereocenters. The Morgan fingerprint density at radius 2 is 1.59 bits per heavy atom. The van der Waals surface area contributed by atoms with E-state index in [9.17, 15) is 0 Å². The third-order valence-corrected chi connectivity index (χ3v) is 4.84. The highest BCUT2D eigenvalue weighted by atomic mass is 16.5. The molecule has 0 fully saturated rings. The van der Waals surface area contributed by atoms with Gasteiger partial charge in [-0.05, 0) is 59.9 Å². The molecule has 3 aromatic rings. The highest BCUT2D eigenvalue weighted by molar-refractivity contribution is 5.46. The summed E-state index contributed by atoms with van der Waals surface area (Å²) in [6.45, 7) is 8.54. The van der Waals surface area contributed by atoms with E-state index >= 15 is 0 Å². The van der Waals surface area contributed by atoms with Crippen molar-refractivity contribution in [3.63, 3.8) is 0 Å². The Kier molecular flexibility index (Phi) is 7.57. The van der Waals surface area contributed by atoms with Crippen molar-refractivity contribution in [1.82, 2.24) is 0 Å². The minimum absolute atomic E-state index is 0.452. The monoisotopic (exact) mass is 389 g/mol. The van der Waals surface area contributed by atoms with E-state index in [0.29, 0.717) is 19.1 Å². The molecule has 1 N–H and O–H groups in total. The zero-order valence-electron chi connectivity index (χ0n) is 17.7. The molecule has 0 aliphatic carbocycles. The quantitative estimate of drug-likeness (QED) is 0.417. The number of anilines is 1. The summed E-state index contributed by atoms with van der Waals surface area (Å²) in [5.41, 5.74) is 4.84. The highest BCUT2D eigenvalue weighted by Gasteiger charge is 2.08. The third-order valence-electron chi connectivity index (χ3n) is 4.84. The number of hydrogen-bond acceptors (Lipinski definition) is 3. The van der Waals surface area contributed by atoms with Crippen LogP contribution in [0.5, 0.6) is 11.5 Å². The molecule has 0 bridgehead atoms. The predicted octanol–water partition coefficient (Wildman–Crippen LogP) is 6.23. The Morgan fingerprint density at radius 1 is 0.828 bits per heavy atom. The lowest BCUT2D eigenvalue weighted by Crippen LogP contribution is -2.12. The summed E-state index contributed by atoms with van der Waals surface area (Å²) < 4.78 is 11.9. The van der Waals surface area contributed by atoms with E-state index in [2.05, 4.69) is 68.6 Å². The number of hydrogen-bond donors (Lipinski definition) is 1. The van der Waals surface area contributed by atoms with Gasteiger partial charge in [0.1, 0.15) is 18.1 Å². The van der Waals surface area contributed by atoms with Crippen molar-refractivity contribution in [1.29, 1.82) is 0 Å². The van der Waals surface area contributed by atoms with Gasteiger partial charge in [0, 0.05) is 18.7 Å². The van der Waals surface area contributed by atoms with Crippen LogP contribution in [0, 0.1) is 6.92 Å². The van der Waals surface area contributed by atoms with E-state index in [0.717, 1.165) is 30.2 Å². The molecular formula is C26H31NO2. The molecule has 0 spiro atoms. The molecule has 3 heteroatoms. The van der Waals surface area contributed by atoms with Crippen LogP contribution in [0.1, 0.15) is 36.5 Å². The van der Waals surface area contributed by atoms with Crippen LogP contribution in [0.2, 0.25) is 0 Å². The molecule has 0 saturated carbocycles. The van der Waals surface area contributed by atoms with Gasteiger partial charge in [-0.3, -0.25) is 0 Å². The summed E-state index contributed by atoms with van der Waals surface area (Å²) in [6, 6.07) is 24.9. The molecule has 0 aromatic heterocycles. The summed E-state index contributed by atoms with van der Waals surface area (Å²) in [5, 5.41) is 3.41. The molecule has 0 saturated heterocycles. The van der Waals surface area contributed by atoms with Gasteiger partial charge in [0.05, 0.1) is 6.61 Å². The first-order valence-corrected chi connectivity index (χ1v) is 10.4. The lowest BCUT2D eigenvalue weighted by Gasteiger charge is -2.15. The zero-order chi connectivity index (χ0) is 20.5. The van der Waals surface area contributed by atoms with Crippen LogP contribution < -0.4 is 14.8 Å². The van der Waals surface area contributed by atoms with Crippen molar-refractivity contribution in [2.75, 3.05) is 25.1 Å². The molecule has 29 heavy (non-hydrogen) atoms. The summed E-state index contributed by atoms with van der Waals surface area (Å²) in [7, 11) is 0. The van der Waals surface area contributed by atoms with Crippen LogP contribution >= 0.6 is 0 Å². The number of nitrogens with one attached hydrogen (secondary N) is 1. The minimum atomic E-state index is 0.452. The maximum atomic E-state index is 6.03. The predicted molar refractivity (Wildman–Crippen MR) is 121 cm³/mol. The summed E-state index contributed by atoms with van der Waals surface area (Å²) >= 11 is 0. The fourth-order valence-corrected chi connectivity index (χ4v) is 3.20. The molecule has 0 aliphatic heterocycles. The Hall–Kier alpha value is -2.94. The summed E-state index contributed by atoms with van der Waals surface area (Å²) in [4.78, 5) is 0. The van der Waals surface area contributed by atoms with Crippen LogP contribution in [-0.4, -0.2) is 19.8 Å². The fourth-order valence-electron chi connectivity index (χ4n) is 3.20. The molecule has 0 radical (unpaired) electrons. The van der Waals surface area contributed by atoms with Crippen molar-refractivity contribution in [3.05, 3.63) is 89.5 Å². The van der Waals surface area contributed by atoms with E-state index < -0.39 is 0 Å². The molecule has 0 aliphatic rings. The van der Waals surface area contributed by atoms with Gasteiger partial charge >= 0.3 is 0 Å². The first kappa shape index (κ1) is 20.8. The molecule has 152 valence electrons. The lowest BCUT2D eigenvalue weighted by atomic mass is 10.0. The average Bonchev–Trinajstić information content (AvgIpc) is 2.73. The first-order valence-electron chi connectivity index (χ1n) is 10.4. The molecule has 3 aromatic carbocycles. The van der Waals surface area contributed by atoms with Crippen LogP contribution in [0.15, 0.2) is 72.8 Å². The van der Waals surface area contributed by atoms with Gasteiger partial charge in [-0.2, -0.15) is 0 Å². The van der Waals surface area contributed by atoms with E-state index in [4.69, 9.17) is 9.47 Å². The van der Waals surface area contributed by atoms with Gasteiger partial charge in [0.2, 0.25) is 0 Å². The number of benzene rings is 3. The Morgan fingerprint density at radius 3 is 2.31 bits per heavy atom. The largest absolute Gasteiger partial charge is 0.493 e. The standard InChI is InChI=1S/C26H31NO2/c1-20(2)25-14-9-21(3)19-26(25)29-18-16-27-23-10-12-24(13-11-23)28-17-15-22-7-5-4-6-8-22/h4-14,19-20,27H,15-18H2,1-3H3. The van der Waals surface area contributed by atoms with Gasteiger partial charge in [-0.15, -0.1) is 0 Å². The topological polar surface area (TPSA) is 30.5 Å². The van der Waals surface area contributed by atoms with Crippen LogP contribution in [-0.2, 0) is 6.42 Å². The Balaban J connectivity index is 1.41.